The number of carbonyl (C=O) groups is 1. The van der Waals surface area contributed by atoms with Crippen molar-refractivity contribution in [3.63, 3.8) is 0 Å². The molecule has 128 valence electrons. The van der Waals surface area contributed by atoms with E-state index in [0.29, 0.717) is 11.5 Å². The molecule has 0 saturated heterocycles. The maximum Gasteiger partial charge on any atom is 0.470 e. The van der Waals surface area contributed by atoms with E-state index in [1.54, 1.807) is 24.3 Å². The van der Waals surface area contributed by atoms with E-state index >= 15 is 0 Å². The third kappa shape index (κ3) is 4.66. The average Bonchev–Trinajstić information content (AvgIpc) is 2.58. The monoisotopic (exact) mass is 352 g/mol. The highest BCUT2D eigenvalue weighted by atomic mass is 31.2. The van der Waals surface area contributed by atoms with Gasteiger partial charge in [-0.25, -0.2) is 4.57 Å². The standard InChI is InChI=1S/C16H17O7P/c1-21-13-7-3-5-11(9-13)15(17)16(23-24(18,19)20)12-6-4-8-14(10-12)22-2/h3-10,16H,1-2H3,(H2,18,19,20)/t16-/m1/s1. The van der Waals surface area contributed by atoms with Crippen molar-refractivity contribution in [2.75, 3.05) is 14.2 Å². The number of ether oxygens (including phenoxy) is 2. The summed E-state index contributed by atoms with van der Waals surface area (Å²) in [6.45, 7) is 0. The molecular formula is C16H17O7P. The number of ketones is 1. The number of Topliss-reactive ketones (excluding diaryl/α,β-unsaturated/α-hetero) is 1. The maximum atomic E-state index is 12.7. The molecule has 2 N–H and O–H groups in total. The lowest BCUT2D eigenvalue weighted by atomic mass is 9.99. The summed E-state index contributed by atoms with van der Waals surface area (Å²) in [5, 5.41) is 0. The Morgan fingerprint density at radius 2 is 1.58 bits per heavy atom. The number of methoxy groups -OCH3 is 2. The molecule has 0 amide bonds. The highest BCUT2D eigenvalue weighted by Crippen LogP contribution is 2.44. The van der Waals surface area contributed by atoms with Gasteiger partial charge in [-0.1, -0.05) is 24.3 Å². The minimum absolute atomic E-state index is 0.204. The first-order chi connectivity index (χ1) is 11.3. The van der Waals surface area contributed by atoms with Crippen LogP contribution in [-0.4, -0.2) is 29.8 Å². The molecule has 7 nitrogen and oxygen atoms in total. The lowest BCUT2D eigenvalue weighted by molar-refractivity contribution is 0.0710. The first-order valence-electron chi connectivity index (χ1n) is 6.90. The Kier molecular flexibility index (Phi) is 5.75. The zero-order valence-electron chi connectivity index (χ0n) is 13.1. The van der Waals surface area contributed by atoms with Crippen molar-refractivity contribution >= 4 is 13.6 Å². The van der Waals surface area contributed by atoms with E-state index < -0.39 is 19.7 Å². The van der Waals surface area contributed by atoms with Crippen LogP contribution < -0.4 is 9.47 Å². The molecule has 0 spiro atoms. The molecule has 2 rings (SSSR count). The lowest BCUT2D eigenvalue weighted by Gasteiger charge is -2.18. The summed E-state index contributed by atoms with van der Waals surface area (Å²) in [4.78, 5) is 31.0. The minimum atomic E-state index is -4.90. The zero-order chi connectivity index (χ0) is 17.7. The second-order valence-corrected chi connectivity index (χ2v) is 6.04. The maximum absolute atomic E-state index is 12.7. The molecule has 0 fully saturated rings. The van der Waals surface area contributed by atoms with Crippen LogP contribution in [0.5, 0.6) is 11.5 Å². The normalized spacial score (nSPS) is 12.5. The molecular weight excluding hydrogens is 335 g/mol. The van der Waals surface area contributed by atoms with Crippen molar-refractivity contribution in [2.24, 2.45) is 0 Å². The van der Waals surface area contributed by atoms with E-state index in [2.05, 4.69) is 0 Å². The quantitative estimate of drug-likeness (QED) is 0.583. The molecule has 0 bridgehead atoms. The molecule has 0 aliphatic rings. The third-order valence-electron chi connectivity index (χ3n) is 3.23. The third-order valence-corrected chi connectivity index (χ3v) is 3.72. The number of carbonyl (C=O) groups excluding carboxylic acids is 1. The van der Waals surface area contributed by atoms with Gasteiger partial charge in [-0.3, -0.25) is 9.32 Å². The van der Waals surface area contributed by atoms with E-state index in [9.17, 15) is 9.36 Å². The molecule has 0 aliphatic carbocycles. The number of benzene rings is 2. The summed E-state index contributed by atoms with van der Waals surface area (Å²) >= 11 is 0. The predicted octanol–water partition coefficient (Wildman–Crippen LogP) is 2.74. The summed E-state index contributed by atoms with van der Waals surface area (Å²) in [6, 6.07) is 12.5. The smallest absolute Gasteiger partial charge is 0.470 e. The van der Waals surface area contributed by atoms with E-state index in [-0.39, 0.29) is 11.1 Å². The van der Waals surface area contributed by atoms with Crippen molar-refractivity contribution in [3.8, 4) is 11.5 Å². The summed E-state index contributed by atoms with van der Waals surface area (Å²) < 4.78 is 26.2. The largest absolute Gasteiger partial charge is 0.497 e. The minimum Gasteiger partial charge on any atom is -0.497 e. The van der Waals surface area contributed by atoms with E-state index in [1.165, 1.54) is 38.5 Å². The van der Waals surface area contributed by atoms with E-state index in [0.717, 1.165) is 0 Å². The van der Waals surface area contributed by atoms with Crippen molar-refractivity contribution in [1.29, 1.82) is 0 Å². The molecule has 0 saturated carbocycles. The van der Waals surface area contributed by atoms with Gasteiger partial charge in [0.15, 0.2) is 11.9 Å². The summed E-state index contributed by atoms with van der Waals surface area (Å²) in [6.07, 6.45) is -1.48. The van der Waals surface area contributed by atoms with Crippen LogP contribution in [0.25, 0.3) is 0 Å². The lowest BCUT2D eigenvalue weighted by Crippen LogP contribution is -2.16. The van der Waals surface area contributed by atoms with Crippen LogP contribution in [0.15, 0.2) is 48.5 Å². The van der Waals surface area contributed by atoms with Crippen molar-refractivity contribution in [1.82, 2.24) is 0 Å². The van der Waals surface area contributed by atoms with Gasteiger partial charge < -0.3 is 19.3 Å². The fraction of sp³-hybridized carbons (Fsp3) is 0.188. The fourth-order valence-electron chi connectivity index (χ4n) is 2.13. The van der Waals surface area contributed by atoms with Crippen molar-refractivity contribution in [3.05, 3.63) is 59.7 Å². The van der Waals surface area contributed by atoms with Crippen LogP contribution in [0.1, 0.15) is 22.0 Å². The Bertz CT molecular complexity index is 769. The Morgan fingerprint density at radius 3 is 2.17 bits per heavy atom. The number of hydrogen-bond donors (Lipinski definition) is 2. The van der Waals surface area contributed by atoms with Gasteiger partial charge in [0, 0.05) is 5.56 Å². The van der Waals surface area contributed by atoms with Gasteiger partial charge >= 0.3 is 7.82 Å². The number of rotatable bonds is 7. The van der Waals surface area contributed by atoms with Gasteiger partial charge in [-0.2, -0.15) is 0 Å². The predicted molar refractivity (Wildman–Crippen MR) is 86.2 cm³/mol. The average molecular weight is 352 g/mol. The Morgan fingerprint density at radius 1 is 1.00 bits per heavy atom. The highest BCUT2D eigenvalue weighted by Gasteiger charge is 2.31. The van der Waals surface area contributed by atoms with Crippen LogP contribution >= 0.6 is 7.82 Å². The fourth-order valence-corrected chi connectivity index (χ4v) is 2.62. The molecule has 2 aromatic carbocycles. The topological polar surface area (TPSA) is 102 Å². The molecule has 0 unspecified atom stereocenters. The van der Waals surface area contributed by atoms with Crippen molar-refractivity contribution in [2.45, 2.75) is 6.10 Å². The van der Waals surface area contributed by atoms with Gasteiger partial charge in [0.1, 0.15) is 11.5 Å². The molecule has 2 aromatic rings. The summed E-state index contributed by atoms with van der Waals surface area (Å²) in [5.74, 6) is 0.275. The van der Waals surface area contributed by atoms with Crippen LogP contribution in [0.4, 0.5) is 0 Å². The van der Waals surface area contributed by atoms with E-state index in [1.807, 2.05) is 0 Å². The second kappa shape index (κ2) is 7.59. The second-order valence-electron chi connectivity index (χ2n) is 4.85. The van der Waals surface area contributed by atoms with Gasteiger partial charge in [0.25, 0.3) is 0 Å². The zero-order valence-corrected chi connectivity index (χ0v) is 14.0. The van der Waals surface area contributed by atoms with Crippen molar-refractivity contribution < 1.29 is 33.1 Å². The van der Waals surface area contributed by atoms with Crippen LogP contribution in [-0.2, 0) is 9.09 Å². The molecule has 0 radical (unpaired) electrons. The molecule has 24 heavy (non-hydrogen) atoms. The van der Waals surface area contributed by atoms with Crippen LogP contribution in [0.3, 0.4) is 0 Å². The molecule has 0 aromatic heterocycles. The number of phosphoric ester groups is 1. The molecule has 0 aliphatic heterocycles. The first-order valence-corrected chi connectivity index (χ1v) is 8.43. The Hall–Kier alpha value is -2.18. The van der Waals surface area contributed by atoms with Gasteiger partial charge in [0.2, 0.25) is 0 Å². The Labute approximate surface area is 139 Å². The van der Waals surface area contributed by atoms with Gasteiger partial charge in [0.05, 0.1) is 14.2 Å². The SMILES string of the molecule is COc1cccc(C(=O)[C@H](OP(=O)(O)O)c2cccc(OC)c2)c1. The highest BCUT2D eigenvalue weighted by molar-refractivity contribution is 7.46. The van der Waals surface area contributed by atoms with Crippen LogP contribution in [0.2, 0.25) is 0 Å². The first kappa shape index (κ1) is 18.2. The Balaban J connectivity index is 2.44. The van der Waals surface area contributed by atoms with Gasteiger partial charge in [-0.05, 0) is 29.8 Å². The number of phosphoric acid groups is 1. The summed E-state index contributed by atoms with van der Waals surface area (Å²) in [5.41, 5.74) is 0.473. The number of hydrogen-bond acceptors (Lipinski definition) is 5. The summed E-state index contributed by atoms with van der Waals surface area (Å²) in [7, 11) is -2.00. The molecule has 0 heterocycles. The molecule has 1 atom stereocenters. The van der Waals surface area contributed by atoms with Gasteiger partial charge in [-0.15, -0.1) is 0 Å². The molecule has 8 heteroatoms. The van der Waals surface area contributed by atoms with E-state index in [4.69, 9.17) is 23.8 Å². The van der Waals surface area contributed by atoms with Crippen LogP contribution in [0, 0.1) is 0 Å².